The van der Waals surface area contributed by atoms with Gasteiger partial charge >= 0.3 is 0 Å². The Bertz CT molecular complexity index is 1170. The highest BCUT2D eigenvalue weighted by Gasteiger charge is 2.45. The summed E-state index contributed by atoms with van der Waals surface area (Å²) in [6, 6.07) is 23.8. The van der Waals surface area contributed by atoms with Gasteiger partial charge in [0.2, 0.25) is 0 Å². The lowest BCUT2D eigenvalue weighted by atomic mass is 9.59. The number of fused-ring (bicyclic) bond motifs is 1. The highest BCUT2D eigenvalue weighted by Crippen LogP contribution is 2.48. The van der Waals surface area contributed by atoms with Crippen LogP contribution in [0, 0.1) is 0 Å². The fourth-order valence-corrected chi connectivity index (χ4v) is 4.98. The lowest BCUT2D eigenvalue weighted by molar-refractivity contribution is 0.0947. The molecule has 4 nitrogen and oxygen atoms in total. The van der Waals surface area contributed by atoms with Crippen molar-refractivity contribution in [2.24, 2.45) is 4.99 Å². The summed E-state index contributed by atoms with van der Waals surface area (Å²) in [6.45, 7) is 1.68. The molecule has 0 aromatic heterocycles. The highest BCUT2D eigenvalue weighted by atomic mass is 35.5. The van der Waals surface area contributed by atoms with Crippen molar-refractivity contribution in [1.82, 2.24) is 5.32 Å². The van der Waals surface area contributed by atoms with E-state index in [9.17, 15) is 4.79 Å². The Labute approximate surface area is 199 Å². The van der Waals surface area contributed by atoms with Crippen molar-refractivity contribution in [2.45, 2.75) is 31.1 Å². The maximum atomic E-state index is 12.2. The Kier molecular flexibility index (Phi) is 6.19. The van der Waals surface area contributed by atoms with Crippen LogP contribution in [-0.4, -0.2) is 31.3 Å². The van der Waals surface area contributed by atoms with Gasteiger partial charge in [-0.1, -0.05) is 54.4 Å². The second-order valence-corrected chi connectivity index (χ2v) is 9.15. The third-order valence-corrected chi connectivity index (χ3v) is 6.99. The number of ether oxygens (including phenoxy) is 1. The predicted octanol–water partition coefficient (Wildman–Crippen LogP) is 5.62. The predicted molar refractivity (Wildman–Crippen MR) is 133 cm³/mol. The van der Waals surface area contributed by atoms with E-state index in [1.54, 1.807) is 12.1 Å². The Hall–Kier alpha value is -3.11. The van der Waals surface area contributed by atoms with Crippen molar-refractivity contribution in [3.8, 4) is 5.75 Å². The number of rotatable bonds is 7. The van der Waals surface area contributed by atoms with Gasteiger partial charge in [-0.05, 0) is 66.8 Å². The summed E-state index contributed by atoms with van der Waals surface area (Å²) in [5.41, 5.74) is 5.61. The standard InChI is InChI=1S/C28H27ClN2O2/c29-23-10-8-22(9-11-23)28(14-4-15-28)26-25-19-24(12-7-20(25)13-16-30-26)33-18-17-31-27(32)21-5-2-1-3-6-21/h1-3,5-12,19H,4,13-18H2,(H,31,32). The van der Waals surface area contributed by atoms with Crippen LogP contribution in [0.5, 0.6) is 5.75 Å². The summed E-state index contributed by atoms with van der Waals surface area (Å²) >= 11 is 6.15. The minimum atomic E-state index is -0.0889. The first-order valence-corrected chi connectivity index (χ1v) is 11.9. The lowest BCUT2D eigenvalue weighted by Gasteiger charge is -2.45. The zero-order valence-electron chi connectivity index (χ0n) is 18.5. The van der Waals surface area contributed by atoms with Crippen LogP contribution in [-0.2, 0) is 11.8 Å². The van der Waals surface area contributed by atoms with Crippen LogP contribution in [0.15, 0.2) is 77.8 Å². The molecule has 1 saturated carbocycles. The van der Waals surface area contributed by atoms with Crippen LogP contribution in [0.3, 0.4) is 0 Å². The van der Waals surface area contributed by atoms with Gasteiger partial charge in [0.05, 0.1) is 12.3 Å². The molecule has 3 aromatic carbocycles. The molecule has 1 aliphatic carbocycles. The summed E-state index contributed by atoms with van der Waals surface area (Å²) in [5.74, 6) is 0.719. The molecule has 1 amide bonds. The number of hydrogen-bond donors (Lipinski definition) is 1. The van der Waals surface area contributed by atoms with Crippen LogP contribution in [0.2, 0.25) is 5.02 Å². The summed E-state index contributed by atoms with van der Waals surface area (Å²) in [6.07, 6.45) is 4.35. The molecule has 0 unspecified atom stereocenters. The topological polar surface area (TPSA) is 50.7 Å². The molecule has 0 spiro atoms. The average molecular weight is 459 g/mol. The van der Waals surface area contributed by atoms with Gasteiger partial charge in [0.25, 0.3) is 5.91 Å². The first-order valence-electron chi connectivity index (χ1n) is 11.6. The molecule has 0 bridgehead atoms. The van der Waals surface area contributed by atoms with Gasteiger partial charge in [-0.2, -0.15) is 0 Å². The van der Waals surface area contributed by atoms with Gasteiger partial charge in [-0.3, -0.25) is 9.79 Å². The minimum Gasteiger partial charge on any atom is -0.492 e. The molecule has 5 heteroatoms. The van der Waals surface area contributed by atoms with E-state index in [0.29, 0.717) is 18.7 Å². The van der Waals surface area contributed by atoms with Gasteiger partial charge in [0, 0.05) is 28.1 Å². The van der Waals surface area contributed by atoms with E-state index in [2.05, 4.69) is 29.6 Å². The van der Waals surface area contributed by atoms with Crippen LogP contribution in [0.4, 0.5) is 0 Å². The van der Waals surface area contributed by atoms with Crippen molar-refractivity contribution >= 4 is 23.2 Å². The largest absolute Gasteiger partial charge is 0.492 e. The molecule has 2 aliphatic rings. The summed E-state index contributed by atoms with van der Waals surface area (Å²) in [7, 11) is 0. The fourth-order valence-electron chi connectivity index (χ4n) is 4.85. The van der Waals surface area contributed by atoms with Crippen LogP contribution >= 0.6 is 11.6 Å². The van der Waals surface area contributed by atoms with Crippen LogP contribution < -0.4 is 10.1 Å². The zero-order chi connectivity index (χ0) is 22.7. The first kappa shape index (κ1) is 21.7. The molecule has 1 heterocycles. The molecule has 1 fully saturated rings. The third kappa shape index (κ3) is 4.40. The van der Waals surface area contributed by atoms with Gasteiger partial charge in [-0.15, -0.1) is 0 Å². The number of amides is 1. The molecule has 1 N–H and O–H groups in total. The van der Waals surface area contributed by atoms with E-state index in [1.807, 2.05) is 36.4 Å². The summed E-state index contributed by atoms with van der Waals surface area (Å²) in [5, 5.41) is 3.67. The Morgan fingerprint density at radius 2 is 1.82 bits per heavy atom. The number of nitrogens with one attached hydrogen (secondary N) is 1. The highest BCUT2D eigenvalue weighted by molar-refractivity contribution is 6.30. The smallest absolute Gasteiger partial charge is 0.251 e. The van der Waals surface area contributed by atoms with E-state index < -0.39 is 0 Å². The van der Waals surface area contributed by atoms with Gasteiger partial charge in [0.15, 0.2) is 0 Å². The lowest BCUT2D eigenvalue weighted by Crippen LogP contribution is -2.44. The Morgan fingerprint density at radius 3 is 2.55 bits per heavy atom. The fraction of sp³-hybridized carbons (Fsp3) is 0.286. The van der Waals surface area contributed by atoms with Crippen molar-refractivity contribution in [3.63, 3.8) is 0 Å². The van der Waals surface area contributed by atoms with E-state index in [-0.39, 0.29) is 11.3 Å². The number of nitrogens with zero attached hydrogens (tertiary/aromatic N) is 1. The molecular weight excluding hydrogens is 432 g/mol. The van der Waals surface area contributed by atoms with Gasteiger partial charge < -0.3 is 10.1 Å². The molecule has 1 aliphatic heterocycles. The number of halogens is 1. The minimum absolute atomic E-state index is 0.0396. The number of carbonyl (C=O) groups excluding carboxylic acids is 1. The van der Waals surface area contributed by atoms with Crippen LogP contribution in [0.1, 0.15) is 46.3 Å². The first-order chi connectivity index (χ1) is 16.2. The van der Waals surface area contributed by atoms with Gasteiger partial charge in [-0.25, -0.2) is 0 Å². The summed E-state index contributed by atoms with van der Waals surface area (Å²) < 4.78 is 6.01. The quantitative estimate of drug-likeness (QED) is 0.467. The van der Waals surface area contributed by atoms with E-state index in [1.165, 1.54) is 28.8 Å². The zero-order valence-corrected chi connectivity index (χ0v) is 19.3. The monoisotopic (exact) mass is 458 g/mol. The average Bonchev–Trinajstić information content (AvgIpc) is 2.83. The maximum Gasteiger partial charge on any atom is 0.251 e. The summed E-state index contributed by atoms with van der Waals surface area (Å²) in [4.78, 5) is 17.2. The Balaban J connectivity index is 1.30. The Morgan fingerprint density at radius 1 is 1.03 bits per heavy atom. The molecule has 33 heavy (non-hydrogen) atoms. The van der Waals surface area contributed by atoms with E-state index in [4.69, 9.17) is 21.3 Å². The van der Waals surface area contributed by atoms with Crippen LogP contribution in [0.25, 0.3) is 0 Å². The normalized spacial score (nSPS) is 16.2. The number of hydrogen-bond acceptors (Lipinski definition) is 3. The van der Waals surface area contributed by atoms with E-state index >= 15 is 0 Å². The van der Waals surface area contributed by atoms with E-state index in [0.717, 1.165) is 36.6 Å². The molecular formula is C28H27ClN2O2. The molecule has 3 aromatic rings. The number of carbonyl (C=O) groups is 1. The van der Waals surface area contributed by atoms with Crippen molar-refractivity contribution < 1.29 is 9.53 Å². The van der Waals surface area contributed by atoms with Crippen molar-refractivity contribution in [3.05, 3.63) is 100 Å². The molecule has 0 radical (unpaired) electrons. The molecule has 0 atom stereocenters. The third-order valence-electron chi connectivity index (χ3n) is 6.74. The number of aliphatic imine (C=N–C) groups is 1. The second-order valence-electron chi connectivity index (χ2n) is 8.71. The molecule has 5 rings (SSSR count). The SMILES string of the molecule is O=C(NCCOc1ccc2c(c1)C(C1(c3ccc(Cl)cc3)CCC1)=NCC2)c1ccccc1. The number of benzene rings is 3. The molecule has 0 saturated heterocycles. The van der Waals surface area contributed by atoms with Crippen molar-refractivity contribution in [2.75, 3.05) is 19.7 Å². The second kappa shape index (κ2) is 9.40. The molecule has 168 valence electrons. The maximum absolute atomic E-state index is 12.2. The van der Waals surface area contributed by atoms with Gasteiger partial charge in [0.1, 0.15) is 12.4 Å². The van der Waals surface area contributed by atoms with Crippen molar-refractivity contribution in [1.29, 1.82) is 0 Å².